The maximum absolute atomic E-state index is 13.0. The first-order valence-electron chi connectivity index (χ1n) is 6.90. The van der Waals surface area contributed by atoms with Crippen molar-refractivity contribution in [3.63, 3.8) is 0 Å². The van der Waals surface area contributed by atoms with Crippen molar-refractivity contribution >= 4 is 17.6 Å². The highest BCUT2D eigenvalue weighted by Gasteiger charge is 2.18. The van der Waals surface area contributed by atoms with Crippen LogP contribution in [0.1, 0.15) is 26.7 Å². The summed E-state index contributed by atoms with van der Waals surface area (Å²) >= 11 is 0. The minimum Gasteiger partial charge on any atom is -0.480 e. The number of amides is 1. The summed E-state index contributed by atoms with van der Waals surface area (Å²) in [6.07, 6.45) is 0.624. The van der Waals surface area contributed by atoms with Crippen LogP contribution in [0, 0.1) is 11.7 Å². The molecule has 116 valence electrons. The SMILES string of the molecule is CC(C)CC(NCCC(=O)Nc1cccc(F)c1)C(=O)O. The van der Waals surface area contributed by atoms with Gasteiger partial charge in [-0.25, -0.2) is 4.39 Å². The van der Waals surface area contributed by atoms with Crippen molar-refractivity contribution < 1.29 is 19.1 Å². The normalized spacial score (nSPS) is 12.2. The summed E-state index contributed by atoms with van der Waals surface area (Å²) < 4.78 is 13.0. The minimum atomic E-state index is -0.922. The van der Waals surface area contributed by atoms with Crippen molar-refractivity contribution in [1.82, 2.24) is 5.32 Å². The number of rotatable bonds is 8. The average molecular weight is 296 g/mol. The van der Waals surface area contributed by atoms with E-state index in [2.05, 4.69) is 10.6 Å². The smallest absolute Gasteiger partial charge is 0.320 e. The number of carboxylic acid groups (broad SMARTS) is 1. The first kappa shape index (κ1) is 17.1. The Hall–Kier alpha value is -1.95. The van der Waals surface area contributed by atoms with E-state index in [4.69, 9.17) is 5.11 Å². The molecule has 0 aromatic heterocycles. The molecule has 1 unspecified atom stereocenters. The van der Waals surface area contributed by atoms with Crippen LogP contribution in [-0.2, 0) is 9.59 Å². The molecule has 1 aromatic rings. The Kier molecular flexibility index (Phi) is 6.81. The van der Waals surface area contributed by atoms with Crippen molar-refractivity contribution in [2.24, 2.45) is 5.92 Å². The summed E-state index contributed by atoms with van der Waals surface area (Å²) in [5.74, 6) is -1.38. The molecule has 0 aliphatic carbocycles. The zero-order valence-electron chi connectivity index (χ0n) is 12.2. The van der Waals surface area contributed by atoms with Crippen LogP contribution in [-0.4, -0.2) is 29.6 Å². The summed E-state index contributed by atoms with van der Waals surface area (Å²) in [5, 5.41) is 14.5. The molecular formula is C15H21FN2O3. The quantitative estimate of drug-likeness (QED) is 0.687. The summed E-state index contributed by atoms with van der Waals surface area (Å²) in [6, 6.07) is 4.96. The van der Waals surface area contributed by atoms with Crippen molar-refractivity contribution in [1.29, 1.82) is 0 Å². The highest BCUT2D eigenvalue weighted by Crippen LogP contribution is 2.09. The minimum absolute atomic E-state index is 0.123. The van der Waals surface area contributed by atoms with Gasteiger partial charge in [-0.05, 0) is 30.5 Å². The van der Waals surface area contributed by atoms with E-state index in [-0.39, 0.29) is 24.8 Å². The zero-order valence-corrected chi connectivity index (χ0v) is 12.2. The highest BCUT2D eigenvalue weighted by atomic mass is 19.1. The van der Waals surface area contributed by atoms with Gasteiger partial charge in [0.05, 0.1) is 0 Å². The van der Waals surface area contributed by atoms with Crippen LogP contribution in [0.5, 0.6) is 0 Å². The van der Waals surface area contributed by atoms with Crippen LogP contribution in [0.15, 0.2) is 24.3 Å². The Bertz CT molecular complexity index is 492. The molecule has 3 N–H and O–H groups in total. The highest BCUT2D eigenvalue weighted by molar-refractivity contribution is 5.90. The molecule has 0 saturated carbocycles. The van der Waals surface area contributed by atoms with E-state index in [1.165, 1.54) is 18.2 Å². The molecule has 1 rings (SSSR count). The lowest BCUT2D eigenvalue weighted by Crippen LogP contribution is -2.39. The number of anilines is 1. The number of hydrogen-bond acceptors (Lipinski definition) is 3. The molecule has 0 saturated heterocycles. The lowest BCUT2D eigenvalue weighted by atomic mass is 10.0. The Morgan fingerprint density at radius 3 is 2.62 bits per heavy atom. The summed E-state index contributed by atoms with van der Waals surface area (Å²) in [7, 11) is 0. The van der Waals surface area contributed by atoms with Gasteiger partial charge in [-0.15, -0.1) is 0 Å². The number of benzene rings is 1. The van der Waals surface area contributed by atoms with Crippen LogP contribution in [0.25, 0.3) is 0 Å². The topological polar surface area (TPSA) is 78.4 Å². The van der Waals surface area contributed by atoms with Gasteiger partial charge in [0.15, 0.2) is 0 Å². The van der Waals surface area contributed by atoms with Crippen molar-refractivity contribution in [2.45, 2.75) is 32.7 Å². The van der Waals surface area contributed by atoms with Gasteiger partial charge in [-0.1, -0.05) is 19.9 Å². The molecule has 0 spiro atoms. The molecule has 1 atom stereocenters. The molecule has 6 heteroatoms. The monoisotopic (exact) mass is 296 g/mol. The van der Waals surface area contributed by atoms with Gasteiger partial charge in [0.25, 0.3) is 0 Å². The fourth-order valence-electron chi connectivity index (χ4n) is 1.89. The number of nitrogens with one attached hydrogen (secondary N) is 2. The first-order chi connectivity index (χ1) is 9.88. The van der Waals surface area contributed by atoms with Gasteiger partial charge in [0.1, 0.15) is 11.9 Å². The molecule has 21 heavy (non-hydrogen) atoms. The third-order valence-corrected chi connectivity index (χ3v) is 2.86. The van der Waals surface area contributed by atoms with Gasteiger partial charge in [-0.3, -0.25) is 9.59 Å². The van der Waals surface area contributed by atoms with E-state index in [1.54, 1.807) is 6.07 Å². The van der Waals surface area contributed by atoms with Crippen LogP contribution in [0.4, 0.5) is 10.1 Å². The molecule has 0 aliphatic rings. The van der Waals surface area contributed by atoms with Crippen molar-refractivity contribution in [3.05, 3.63) is 30.1 Å². The summed E-state index contributed by atoms with van der Waals surface area (Å²) in [4.78, 5) is 22.7. The number of hydrogen-bond donors (Lipinski definition) is 3. The maximum atomic E-state index is 13.0. The third-order valence-electron chi connectivity index (χ3n) is 2.86. The molecule has 0 fully saturated rings. The molecular weight excluding hydrogens is 275 g/mol. The second kappa shape index (κ2) is 8.36. The lowest BCUT2D eigenvalue weighted by Gasteiger charge is -2.16. The van der Waals surface area contributed by atoms with Crippen molar-refractivity contribution in [3.8, 4) is 0 Å². The molecule has 1 amide bonds. The maximum Gasteiger partial charge on any atom is 0.320 e. The first-order valence-corrected chi connectivity index (χ1v) is 6.90. The molecule has 0 heterocycles. The zero-order chi connectivity index (χ0) is 15.8. The second-order valence-electron chi connectivity index (χ2n) is 5.28. The fraction of sp³-hybridized carbons (Fsp3) is 0.467. The van der Waals surface area contributed by atoms with E-state index in [9.17, 15) is 14.0 Å². The van der Waals surface area contributed by atoms with E-state index < -0.39 is 17.8 Å². The van der Waals surface area contributed by atoms with Crippen molar-refractivity contribution in [2.75, 3.05) is 11.9 Å². The number of aliphatic carboxylic acids is 1. The standard InChI is InChI=1S/C15H21FN2O3/c1-10(2)8-13(15(20)21)17-7-6-14(19)18-12-5-3-4-11(16)9-12/h3-5,9-10,13,17H,6-8H2,1-2H3,(H,18,19)(H,20,21). The Morgan fingerprint density at radius 1 is 1.33 bits per heavy atom. The van der Waals surface area contributed by atoms with Crippen LogP contribution >= 0.6 is 0 Å². The molecule has 5 nitrogen and oxygen atoms in total. The van der Waals surface area contributed by atoms with Crippen LogP contribution in [0.3, 0.4) is 0 Å². The van der Waals surface area contributed by atoms with E-state index in [0.29, 0.717) is 12.1 Å². The Balaban J connectivity index is 2.37. The van der Waals surface area contributed by atoms with E-state index in [1.807, 2.05) is 13.8 Å². The van der Waals surface area contributed by atoms with E-state index in [0.717, 1.165) is 0 Å². The van der Waals surface area contributed by atoms with Crippen LogP contribution < -0.4 is 10.6 Å². The van der Waals surface area contributed by atoms with Gasteiger partial charge in [0.2, 0.25) is 5.91 Å². The number of carboxylic acids is 1. The van der Waals surface area contributed by atoms with Crippen LogP contribution in [0.2, 0.25) is 0 Å². The van der Waals surface area contributed by atoms with Gasteiger partial charge in [0, 0.05) is 18.7 Å². The fourth-order valence-corrected chi connectivity index (χ4v) is 1.89. The lowest BCUT2D eigenvalue weighted by molar-refractivity contribution is -0.140. The number of carbonyl (C=O) groups is 2. The largest absolute Gasteiger partial charge is 0.480 e. The Morgan fingerprint density at radius 2 is 2.05 bits per heavy atom. The number of carbonyl (C=O) groups excluding carboxylic acids is 1. The number of halogens is 1. The average Bonchev–Trinajstić information content (AvgIpc) is 2.36. The predicted molar refractivity (Wildman–Crippen MR) is 78.5 cm³/mol. The third kappa shape index (κ3) is 6.85. The van der Waals surface area contributed by atoms with Gasteiger partial charge >= 0.3 is 5.97 Å². The molecule has 0 radical (unpaired) electrons. The predicted octanol–water partition coefficient (Wildman–Crippen LogP) is 2.24. The van der Waals surface area contributed by atoms with Gasteiger partial charge < -0.3 is 15.7 Å². The molecule has 1 aromatic carbocycles. The summed E-state index contributed by atoms with van der Waals surface area (Å²) in [5.41, 5.74) is 0.386. The molecule has 0 aliphatic heterocycles. The Labute approximate surface area is 123 Å². The van der Waals surface area contributed by atoms with E-state index >= 15 is 0 Å². The summed E-state index contributed by atoms with van der Waals surface area (Å²) in [6.45, 7) is 4.13. The molecule has 0 bridgehead atoms. The second-order valence-corrected chi connectivity index (χ2v) is 5.28. The van der Waals surface area contributed by atoms with Gasteiger partial charge in [-0.2, -0.15) is 0 Å².